The van der Waals surface area contributed by atoms with Gasteiger partial charge in [-0.2, -0.15) is 0 Å². The maximum Gasteiger partial charge on any atom is 0.102 e. The highest BCUT2D eigenvalue weighted by Gasteiger charge is 2.19. The van der Waals surface area contributed by atoms with E-state index in [0.29, 0.717) is 5.02 Å². The van der Waals surface area contributed by atoms with Crippen molar-refractivity contribution in [3.05, 3.63) is 65.6 Å². The molecule has 0 bridgehead atoms. The Balaban J connectivity index is 1.97. The van der Waals surface area contributed by atoms with Crippen molar-refractivity contribution in [2.75, 3.05) is 5.01 Å². The van der Waals surface area contributed by atoms with Crippen molar-refractivity contribution in [1.29, 1.82) is 0 Å². The summed E-state index contributed by atoms with van der Waals surface area (Å²) >= 11 is 6.01. The fraction of sp³-hybridized carbons (Fsp3) is 0. The van der Waals surface area contributed by atoms with Gasteiger partial charge in [0.25, 0.3) is 0 Å². The third kappa shape index (κ3) is 2.03. The summed E-state index contributed by atoms with van der Waals surface area (Å²) in [5, 5.41) is 2.59. The van der Waals surface area contributed by atoms with Crippen molar-refractivity contribution in [2.24, 2.45) is 0 Å². The summed E-state index contributed by atoms with van der Waals surface area (Å²) in [7, 11) is 0. The van der Waals surface area contributed by atoms with Crippen molar-refractivity contribution >= 4 is 23.0 Å². The minimum absolute atomic E-state index is 0.696. The van der Waals surface area contributed by atoms with E-state index in [0.717, 1.165) is 17.1 Å². The molecule has 18 heavy (non-hydrogen) atoms. The average Bonchev–Trinajstić information content (AvgIpc) is 2.89. The van der Waals surface area contributed by atoms with Crippen LogP contribution in [0, 0.1) is 0 Å². The Hall–Kier alpha value is -2.04. The van der Waals surface area contributed by atoms with Gasteiger partial charge in [-0.15, -0.1) is 5.53 Å². The van der Waals surface area contributed by atoms with Gasteiger partial charge >= 0.3 is 0 Å². The number of hydrogen-bond donors (Lipinski definition) is 2. The van der Waals surface area contributed by atoms with Gasteiger partial charge in [-0.1, -0.05) is 23.7 Å². The fourth-order valence-electron chi connectivity index (χ4n) is 1.81. The van der Waals surface area contributed by atoms with Crippen LogP contribution in [0.3, 0.4) is 0 Å². The van der Waals surface area contributed by atoms with Crippen molar-refractivity contribution in [2.45, 2.75) is 0 Å². The lowest BCUT2D eigenvalue weighted by Gasteiger charge is -2.20. The quantitative estimate of drug-likeness (QED) is 0.869. The first kappa shape index (κ1) is 11.1. The molecule has 0 saturated heterocycles. The molecule has 0 unspecified atom stereocenters. The molecule has 0 radical (unpaired) electrons. The van der Waals surface area contributed by atoms with E-state index in [2.05, 4.69) is 15.9 Å². The van der Waals surface area contributed by atoms with E-state index in [9.17, 15) is 0 Å². The molecule has 90 valence electrons. The van der Waals surface area contributed by atoms with E-state index in [1.807, 2.05) is 53.7 Å². The Morgan fingerprint density at radius 1 is 1.11 bits per heavy atom. The first-order valence-electron chi connectivity index (χ1n) is 5.53. The Bertz CT molecular complexity index is 583. The maximum absolute atomic E-state index is 6.01. The Morgan fingerprint density at radius 3 is 2.83 bits per heavy atom. The summed E-state index contributed by atoms with van der Waals surface area (Å²) in [6.45, 7) is 0. The Labute approximate surface area is 110 Å². The van der Waals surface area contributed by atoms with E-state index in [1.54, 1.807) is 6.20 Å². The Morgan fingerprint density at radius 2 is 2.06 bits per heavy atom. The highest BCUT2D eigenvalue weighted by molar-refractivity contribution is 6.30. The van der Waals surface area contributed by atoms with E-state index >= 15 is 0 Å². The first-order chi connectivity index (χ1) is 8.84. The highest BCUT2D eigenvalue weighted by atomic mass is 35.5. The van der Waals surface area contributed by atoms with Crippen LogP contribution in [-0.4, -0.2) is 4.98 Å². The van der Waals surface area contributed by atoms with Crippen molar-refractivity contribution in [3.8, 4) is 0 Å². The second-order valence-corrected chi connectivity index (χ2v) is 4.25. The van der Waals surface area contributed by atoms with Crippen LogP contribution < -0.4 is 16.0 Å². The topological polar surface area (TPSA) is 40.2 Å². The van der Waals surface area contributed by atoms with Gasteiger partial charge < -0.3 is 5.43 Å². The van der Waals surface area contributed by atoms with Crippen LogP contribution in [0.25, 0.3) is 5.70 Å². The summed E-state index contributed by atoms with van der Waals surface area (Å²) in [5.41, 5.74) is 8.79. The number of nitrogens with one attached hydrogen (secondary N) is 2. The van der Waals surface area contributed by atoms with Crippen LogP contribution in [0.2, 0.25) is 5.02 Å². The zero-order valence-corrected chi connectivity index (χ0v) is 10.2. The summed E-state index contributed by atoms with van der Waals surface area (Å²) in [4.78, 5) is 4.34. The molecule has 5 heteroatoms. The van der Waals surface area contributed by atoms with Gasteiger partial charge in [-0.25, -0.2) is 0 Å². The SMILES string of the molecule is Clc1cccc(N2NNC=C2c2ccccn2)c1. The van der Waals surface area contributed by atoms with E-state index in [4.69, 9.17) is 11.6 Å². The second-order valence-electron chi connectivity index (χ2n) is 3.82. The molecule has 0 aliphatic carbocycles. The normalized spacial score (nSPS) is 14.3. The summed E-state index contributed by atoms with van der Waals surface area (Å²) in [6.07, 6.45) is 3.63. The van der Waals surface area contributed by atoms with Crippen LogP contribution in [-0.2, 0) is 0 Å². The van der Waals surface area contributed by atoms with Gasteiger partial charge in [0.05, 0.1) is 11.4 Å². The van der Waals surface area contributed by atoms with E-state index < -0.39 is 0 Å². The first-order valence-corrected chi connectivity index (χ1v) is 5.91. The molecule has 2 N–H and O–H groups in total. The van der Waals surface area contributed by atoms with Gasteiger partial charge in [0.1, 0.15) is 5.70 Å². The molecule has 0 fully saturated rings. The van der Waals surface area contributed by atoms with Crippen molar-refractivity contribution in [1.82, 2.24) is 15.9 Å². The molecule has 2 aromatic rings. The van der Waals surface area contributed by atoms with Gasteiger partial charge in [0, 0.05) is 17.4 Å². The van der Waals surface area contributed by atoms with Gasteiger partial charge in [-0.3, -0.25) is 9.99 Å². The number of aromatic nitrogens is 1. The van der Waals surface area contributed by atoms with E-state index in [-0.39, 0.29) is 0 Å². The van der Waals surface area contributed by atoms with E-state index in [1.165, 1.54) is 0 Å². The molecular weight excluding hydrogens is 248 g/mol. The lowest BCUT2D eigenvalue weighted by atomic mass is 10.2. The number of hydrazine groups is 2. The number of hydrogen-bond acceptors (Lipinski definition) is 4. The van der Waals surface area contributed by atoms with Crippen LogP contribution in [0.5, 0.6) is 0 Å². The third-order valence-corrected chi connectivity index (χ3v) is 2.85. The molecular formula is C13H11ClN4. The number of nitrogens with zero attached hydrogens (tertiary/aromatic N) is 2. The molecule has 0 saturated carbocycles. The van der Waals surface area contributed by atoms with Crippen molar-refractivity contribution < 1.29 is 0 Å². The number of pyridine rings is 1. The molecule has 0 atom stereocenters. The zero-order chi connectivity index (χ0) is 12.4. The summed E-state index contributed by atoms with van der Waals surface area (Å²) < 4.78 is 0. The number of halogens is 1. The molecule has 4 nitrogen and oxygen atoms in total. The molecule has 0 amide bonds. The highest BCUT2D eigenvalue weighted by Crippen LogP contribution is 2.26. The number of rotatable bonds is 2. The number of benzene rings is 1. The summed E-state index contributed by atoms with van der Waals surface area (Å²) in [5.74, 6) is 0. The smallest absolute Gasteiger partial charge is 0.102 e. The predicted molar refractivity (Wildman–Crippen MR) is 72.4 cm³/mol. The Kier molecular flexibility index (Phi) is 2.88. The molecule has 1 aliphatic heterocycles. The maximum atomic E-state index is 6.01. The lowest BCUT2D eigenvalue weighted by molar-refractivity contribution is 0.683. The zero-order valence-electron chi connectivity index (χ0n) is 9.47. The lowest BCUT2D eigenvalue weighted by Crippen LogP contribution is -2.37. The molecule has 1 aromatic heterocycles. The van der Waals surface area contributed by atoms with Gasteiger partial charge in [0.15, 0.2) is 0 Å². The van der Waals surface area contributed by atoms with Gasteiger partial charge in [-0.05, 0) is 30.3 Å². The van der Waals surface area contributed by atoms with Crippen LogP contribution in [0.4, 0.5) is 5.69 Å². The largest absolute Gasteiger partial charge is 0.309 e. The monoisotopic (exact) mass is 258 g/mol. The van der Waals surface area contributed by atoms with Crippen molar-refractivity contribution in [3.63, 3.8) is 0 Å². The fourth-order valence-corrected chi connectivity index (χ4v) is 2.00. The summed E-state index contributed by atoms with van der Waals surface area (Å²) in [6, 6.07) is 13.4. The molecule has 3 rings (SSSR count). The minimum atomic E-state index is 0.696. The van der Waals surface area contributed by atoms with Crippen LogP contribution in [0.1, 0.15) is 5.69 Å². The van der Waals surface area contributed by atoms with Crippen LogP contribution in [0.15, 0.2) is 54.9 Å². The number of anilines is 1. The molecule has 1 aromatic carbocycles. The van der Waals surface area contributed by atoms with Gasteiger partial charge in [0.2, 0.25) is 0 Å². The average molecular weight is 259 g/mol. The molecule has 0 spiro atoms. The predicted octanol–water partition coefficient (Wildman–Crippen LogP) is 2.56. The standard InChI is InChI=1S/C13H11ClN4/c14-10-4-3-5-11(8-10)18-13(9-16-17-18)12-6-1-2-7-15-12/h1-9,16-17H. The molecule has 2 heterocycles. The minimum Gasteiger partial charge on any atom is -0.309 e. The van der Waals surface area contributed by atoms with Crippen LogP contribution >= 0.6 is 11.6 Å². The second kappa shape index (κ2) is 4.68. The third-order valence-electron chi connectivity index (χ3n) is 2.62. The molecule has 1 aliphatic rings.